The van der Waals surface area contributed by atoms with Gasteiger partial charge in [0.15, 0.2) is 0 Å². The van der Waals surface area contributed by atoms with Crippen LogP contribution in [-0.2, 0) is 26.3 Å². The number of anilines is 4. The SMILES string of the molecule is CNS(=O)(=S)c1ccc(C)c(Nc2cc(Nc3ccc(CC#N)cc3)ncn2)c1. The highest BCUT2D eigenvalue weighted by Gasteiger charge is 2.10. The molecule has 0 aliphatic rings. The Morgan fingerprint density at radius 1 is 1.07 bits per heavy atom. The Morgan fingerprint density at radius 2 is 1.76 bits per heavy atom. The zero-order chi connectivity index (χ0) is 20.9. The van der Waals surface area contributed by atoms with Gasteiger partial charge in [-0.1, -0.05) is 18.2 Å². The highest BCUT2D eigenvalue weighted by molar-refractivity contribution is 8.31. The maximum absolute atomic E-state index is 12.4. The molecule has 0 saturated carbocycles. The third kappa shape index (κ3) is 5.26. The number of nitrogens with one attached hydrogen (secondary N) is 3. The van der Waals surface area contributed by atoms with Gasteiger partial charge in [0.05, 0.1) is 17.4 Å². The highest BCUT2D eigenvalue weighted by atomic mass is 32.8. The zero-order valence-electron chi connectivity index (χ0n) is 16.0. The summed E-state index contributed by atoms with van der Waals surface area (Å²) >= 11 is 5.13. The summed E-state index contributed by atoms with van der Waals surface area (Å²) in [5.74, 6) is 1.20. The number of benzene rings is 2. The molecule has 0 spiro atoms. The van der Waals surface area contributed by atoms with E-state index in [0.717, 1.165) is 22.5 Å². The van der Waals surface area contributed by atoms with E-state index in [9.17, 15) is 4.21 Å². The van der Waals surface area contributed by atoms with E-state index in [0.29, 0.717) is 23.0 Å². The standard InChI is InChI=1S/C20H20N6OS2/c1-14-3-8-17(29(27,28)22-2)11-18(14)26-20-12-19(23-13-24-20)25-16-6-4-15(5-7-16)9-10-21/h3-8,11-13,22H,9H2,1-2H3,(H2,23,24,25,26). The molecule has 0 radical (unpaired) electrons. The van der Waals surface area contributed by atoms with E-state index in [-0.39, 0.29) is 0 Å². The number of nitrogens with zero attached hydrogens (tertiary/aromatic N) is 3. The molecule has 0 amide bonds. The van der Waals surface area contributed by atoms with Gasteiger partial charge < -0.3 is 10.6 Å². The lowest BCUT2D eigenvalue weighted by atomic mass is 10.1. The molecule has 0 aliphatic carbocycles. The number of aryl methyl sites for hydroxylation is 1. The molecular weight excluding hydrogens is 404 g/mol. The molecule has 29 heavy (non-hydrogen) atoms. The van der Waals surface area contributed by atoms with Crippen LogP contribution in [-0.4, -0.2) is 21.2 Å². The molecule has 1 unspecified atom stereocenters. The van der Waals surface area contributed by atoms with Gasteiger partial charge >= 0.3 is 0 Å². The first-order chi connectivity index (χ1) is 13.9. The van der Waals surface area contributed by atoms with Gasteiger partial charge in [0, 0.05) is 28.6 Å². The molecule has 0 saturated heterocycles. The van der Waals surface area contributed by atoms with Crippen LogP contribution in [0.1, 0.15) is 11.1 Å². The minimum absolute atomic E-state index is 0.379. The molecule has 0 fully saturated rings. The van der Waals surface area contributed by atoms with Crippen LogP contribution in [0.5, 0.6) is 0 Å². The Balaban J connectivity index is 1.80. The second-order valence-corrected chi connectivity index (χ2v) is 9.55. The van der Waals surface area contributed by atoms with Gasteiger partial charge in [0.1, 0.15) is 26.6 Å². The van der Waals surface area contributed by atoms with Crippen molar-refractivity contribution in [1.82, 2.24) is 14.7 Å². The quantitative estimate of drug-likeness (QED) is 0.533. The molecule has 1 atom stereocenters. The van der Waals surface area contributed by atoms with Crippen molar-refractivity contribution in [2.75, 3.05) is 17.7 Å². The summed E-state index contributed by atoms with van der Waals surface area (Å²) in [5.41, 5.74) is 3.55. The molecule has 9 heteroatoms. The van der Waals surface area contributed by atoms with Crippen LogP contribution in [0.2, 0.25) is 0 Å². The van der Waals surface area contributed by atoms with Crippen molar-refractivity contribution < 1.29 is 4.21 Å². The minimum atomic E-state index is -2.71. The summed E-state index contributed by atoms with van der Waals surface area (Å²) in [5, 5.41) is 15.2. The second kappa shape index (κ2) is 8.96. The lowest BCUT2D eigenvalue weighted by Crippen LogP contribution is -2.17. The van der Waals surface area contributed by atoms with E-state index in [1.54, 1.807) is 25.2 Å². The van der Waals surface area contributed by atoms with E-state index in [1.807, 2.05) is 37.3 Å². The van der Waals surface area contributed by atoms with Crippen molar-refractivity contribution in [3.8, 4) is 6.07 Å². The molecular formula is C20H20N6OS2. The molecule has 2 aromatic carbocycles. The molecule has 1 heterocycles. The molecule has 0 aliphatic heterocycles. The van der Waals surface area contributed by atoms with E-state index >= 15 is 0 Å². The van der Waals surface area contributed by atoms with E-state index in [2.05, 4.69) is 31.4 Å². The van der Waals surface area contributed by atoms with Gasteiger partial charge in [-0.05, 0) is 49.4 Å². The van der Waals surface area contributed by atoms with Gasteiger partial charge in [-0.3, -0.25) is 0 Å². The largest absolute Gasteiger partial charge is 0.340 e. The van der Waals surface area contributed by atoms with Gasteiger partial charge in [-0.25, -0.2) is 18.9 Å². The van der Waals surface area contributed by atoms with Gasteiger partial charge in [0.2, 0.25) is 0 Å². The van der Waals surface area contributed by atoms with Crippen LogP contribution in [0.3, 0.4) is 0 Å². The third-order valence-corrected chi connectivity index (χ3v) is 6.72. The third-order valence-electron chi connectivity index (χ3n) is 4.23. The summed E-state index contributed by atoms with van der Waals surface area (Å²) in [6.07, 6.45) is 1.84. The first kappa shape index (κ1) is 20.7. The summed E-state index contributed by atoms with van der Waals surface area (Å²) < 4.78 is 15.1. The van der Waals surface area contributed by atoms with Crippen molar-refractivity contribution in [3.63, 3.8) is 0 Å². The van der Waals surface area contributed by atoms with Crippen molar-refractivity contribution in [2.45, 2.75) is 18.2 Å². The normalized spacial score (nSPS) is 12.6. The van der Waals surface area contributed by atoms with Gasteiger partial charge in [-0.15, -0.1) is 0 Å². The fraction of sp³-hybridized carbons (Fsp3) is 0.150. The average molecular weight is 425 g/mol. The summed E-state index contributed by atoms with van der Waals surface area (Å²) in [6, 6.07) is 16.9. The molecule has 148 valence electrons. The lowest BCUT2D eigenvalue weighted by molar-refractivity contribution is 0.676. The Hall–Kier alpha value is -3.06. The first-order valence-electron chi connectivity index (χ1n) is 8.77. The van der Waals surface area contributed by atoms with Crippen LogP contribution in [0, 0.1) is 18.3 Å². The lowest BCUT2D eigenvalue weighted by Gasteiger charge is -2.13. The van der Waals surface area contributed by atoms with Gasteiger partial charge in [-0.2, -0.15) is 5.26 Å². The Kier molecular flexibility index (Phi) is 6.39. The average Bonchev–Trinajstić information content (AvgIpc) is 2.71. The smallest absolute Gasteiger partial charge is 0.135 e. The van der Waals surface area contributed by atoms with Crippen LogP contribution in [0.25, 0.3) is 0 Å². The predicted octanol–water partition coefficient (Wildman–Crippen LogP) is 3.58. The topological polar surface area (TPSA) is 103 Å². The number of hydrogen-bond acceptors (Lipinski definition) is 7. The molecule has 0 bridgehead atoms. The second-order valence-electron chi connectivity index (χ2n) is 6.25. The van der Waals surface area contributed by atoms with E-state index in [1.165, 1.54) is 6.33 Å². The number of hydrogen-bond donors (Lipinski definition) is 3. The molecule has 3 aromatic rings. The Labute approximate surface area is 175 Å². The van der Waals surface area contributed by atoms with Crippen molar-refractivity contribution >= 4 is 42.9 Å². The fourth-order valence-corrected chi connectivity index (χ4v) is 3.66. The Morgan fingerprint density at radius 3 is 2.41 bits per heavy atom. The molecule has 3 N–H and O–H groups in total. The molecule has 7 nitrogen and oxygen atoms in total. The van der Waals surface area contributed by atoms with Crippen molar-refractivity contribution in [2.24, 2.45) is 0 Å². The fourth-order valence-electron chi connectivity index (χ4n) is 2.60. The van der Waals surface area contributed by atoms with Crippen LogP contribution >= 0.6 is 0 Å². The summed E-state index contributed by atoms with van der Waals surface area (Å²) in [7, 11) is -1.13. The van der Waals surface area contributed by atoms with Crippen LogP contribution < -0.4 is 15.4 Å². The summed E-state index contributed by atoms with van der Waals surface area (Å²) in [6.45, 7) is 1.94. The number of rotatable bonds is 7. The number of aromatic nitrogens is 2. The first-order valence-corrected chi connectivity index (χ1v) is 11.3. The van der Waals surface area contributed by atoms with E-state index < -0.39 is 8.68 Å². The van der Waals surface area contributed by atoms with Crippen molar-refractivity contribution in [1.29, 1.82) is 5.26 Å². The number of nitriles is 1. The van der Waals surface area contributed by atoms with Crippen LogP contribution in [0.15, 0.2) is 59.8 Å². The highest BCUT2D eigenvalue weighted by Crippen LogP contribution is 2.24. The molecule has 1 aromatic heterocycles. The monoisotopic (exact) mass is 424 g/mol. The maximum Gasteiger partial charge on any atom is 0.135 e. The molecule has 3 rings (SSSR count). The summed E-state index contributed by atoms with van der Waals surface area (Å²) in [4.78, 5) is 9.03. The van der Waals surface area contributed by atoms with E-state index in [4.69, 9.17) is 16.4 Å². The van der Waals surface area contributed by atoms with Crippen LogP contribution in [0.4, 0.5) is 23.0 Å². The Bertz CT molecular complexity index is 1150. The maximum atomic E-state index is 12.4. The minimum Gasteiger partial charge on any atom is -0.340 e. The zero-order valence-corrected chi connectivity index (χ0v) is 17.6. The van der Waals surface area contributed by atoms with Crippen molar-refractivity contribution in [3.05, 3.63) is 66.0 Å². The predicted molar refractivity (Wildman–Crippen MR) is 118 cm³/mol. The van der Waals surface area contributed by atoms with Gasteiger partial charge in [0.25, 0.3) is 0 Å².